The molecule has 0 atom stereocenters. The van der Waals surface area contributed by atoms with E-state index in [0.29, 0.717) is 6.54 Å². The minimum atomic E-state index is 0.531. The topological polar surface area (TPSA) is 67.6 Å². The largest absolute Gasteiger partial charge is 0.326 e. The molecule has 0 radical (unpaired) electrons. The van der Waals surface area contributed by atoms with Crippen molar-refractivity contribution in [1.82, 2.24) is 15.2 Å². The Morgan fingerprint density at radius 2 is 2.12 bits per heavy atom. The van der Waals surface area contributed by atoms with Crippen molar-refractivity contribution in [2.24, 2.45) is 5.73 Å². The van der Waals surface area contributed by atoms with Gasteiger partial charge in [0.2, 0.25) is 5.16 Å². The summed E-state index contributed by atoms with van der Waals surface area (Å²) in [5, 5.41) is 7.69. The fourth-order valence-electron chi connectivity index (χ4n) is 1.50. The molecule has 0 fully saturated rings. The van der Waals surface area contributed by atoms with Gasteiger partial charge in [-0.25, -0.2) is 4.98 Å². The zero-order valence-electron chi connectivity index (χ0n) is 9.73. The molecule has 0 spiro atoms. The Bertz CT molecular complexity index is 510. The van der Waals surface area contributed by atoms with E-state index in [4.69, 9.17) is 5.73 Å². The second-order valence-corrected chi connectivity index (χ2v) is 5.30. The lowest BCUT2D eigenvalue weighted by molar-refractivity contribution is 0.954. The number of benzene rings is 1. The van der Waals surface area contributed by atoms with Gasteiger partial charge in [0.25, 0.3) is 0 Å². The van der Waals surface area contributed by atoms with E-state index in [1.54, 1.807) is 23.5 Å². The Balaban J connectivity index is 2.32. The maximum Gasteiger partial charge on any atom is 0.213 e. The van der Waals surface area contributed by atoms with E-state index in [1.807, 2.05) is 13.0 Å². The van der Waals surface area contributed by atoms with Crippen molar-refractivity contribution in [1.29, 1.82) is 0 Å². The van der Waals surface area contributed by atoms with E-state index < -0.39 is 0 Å². The number of rotatable bonds is 4. The average molecular weight is 266 g/mol. The highest BCUT2D eigenvalue weighted by Gasteiger charge is 2.10. The highest BCUT2D eigenvalue weighted by atomic mass is 32.2. The van der Waals surface area contributed by atoms with Gasteiger partial charge in [0.05, 0.1) is 0 Å². The van der Waals surface area contributed by atoms with E-state index in [1.165, 1.54) is 4.90 Å². The summed E-state index contributed by atoms with van der Waals surface area (Å²) in [5.74, 6) is 0.822. The number of aromatic nitrogens is 3. The molecule has 0 unspecified atom stereocenters. The summed E-state index contributed by atoms with van der Waals surface area (Å²) in [6.07, 6.45) is 2.06. The summed E-state index contributed by atoms with van der Waals surface area (Å²) in [6.45, 7) is 2.42. The number of thioether (sulfide) groups is 1. The summed E-state index contributed by atoms with van der Waals surface area (Å²) in [7, 11) is 0. The minimum Gasteiger partial charge on any atom is -0.326 e. The van der Waals surface area contributed by atoms with Gasteiger partial charge in [-0.05, 0) is 42.6 Å². The lowest BCUT2D eigenvalue weighted by Crippen LogP contribution is -2.00. The number of nitrogens with two attached hydrogens (primary N) is 1. The van der Waals surface area contributed by atoms with Crippen LogP contribution >= 0.6 is 23.5 Å². The minimum absolute atomic E-state index is 0.531. The van der Waals surface area contributed by atoms with Crippen molar-refractivity contribution in [3.8, 4) is 0 Å². The molecule has 17 heavy (non-hydrogen) atoms. The number of H-pyrrole nitrogens is 1. The number of hydrogen-bond donors (Lipinski definition) is 2. The van der Waals surface area contributed by atoms with Gasteiger partial charge in [-0.3, -0.25) is 5.10 Å². The molecule has 4 nitrogen and oxygen atoms in total. The zero-order chi connectivity index (χ0) is 12.3. The zero-order valence-corrected chi connectivity index (χ0v) is 11.4. The number of nitrogens with zero attached hydrogens (tertiary/aromatic N) is 2. The average Bonchev–Trinajstić information content (AvgIpc) is 2.74. The molecule has 0 saturated carbocycles. The first-order chi connectivity index (χ1) is 8.24. The normalized spacial score (nSPS) is 10.8. The van der Waals surface area contributed by atoms with E-state index in [0.717, 1.165) is 21.4 Å². The maximum absolute atomic E-state index is 5.81. The molecule has 0 aliphatic heterocycles. The van der Waals surface area contributed by atoms with Crippen LogP contribution in [0.5, 0.6) is 0 Å². The molecular weight excluding hydrogens is 252 g/mol. The molecule has 0 bridgehead atoms. The van der Waals surface area contributed by atoms with Crippen LogP contribution in [0.2, 0.25) is 0 Å². The fraction of sp³-hybridized carbons (Fsp3) is 0.273. The molecule has 3 N–H and O–H groups in total. The second-order valence-electron chi connectivity index (χ2n) is 3.45. The quantitative estimate of drug-likeness (QED) is 0.832. The predicted octanol–water partition coefficient (Wildman–Crippen LogP) is 2.44. The van der Waals surface area contributed by atoms with Gasteiger partial charge in [-0.1, -0.05) is 6.07 Å². The molecular formula is C11H14N4S2. The van der Waals surface area contributed by atoms with Crippen LogP contribution in [0.1, 0.15) is 11.4 Å². The van der Waals surface area contributed by atoms with Gasteiger partial charge < -0.3 is 5.73 Å². The molecule has 1 aromatic heterocycles. The van der Waals surface area contributed by atoms with Gasteiger partial charge >= 0.3 is 0 Å². The molecule has 0 aliphatic rings. The van der Waals surface area contributed by atoms with E-state index in [-0.39, 0.29) is 0 Å². The Labute approximate surface area is 109 Å². The third-order valence-electron chi connectivity index (χ3n) is 2.29. The molecule has 0 saturated heterocycles. The first kappa shape index (κ1) is 12.5. The smallest absolute Gasteiger partial charge is 0.213 e. The molecule has 0 aliphatic carbocycles. The Kier molecular flexibility index (Phi) is 4.09. The van der Waals surface area contributed by atoms with Crippen molar-refractivity contribution in [2.45, 2.75) is 28.4 Å². The summed E-state index contributed by atoms with van der Waals surface area (Å²) in [6, 6.07) is 6.17. The molecule has 6 heteroatoms. The molecule has 0 amide bonds. The summed E-state index contributed by atoms with van der Waals surface area (Å²) in [5.41, 5.74) is 6.97. The summed E-state index contributed by atoms with van der Waals surface area (Å²) >= 11 is 3.25. The van der Waals surface area contributed by atoms with Gasteiger partial charge in [0.1, 0.15) is 5.82 Å². The van der Waals surface area contributed by atoms with Gasteiger partial charge in [0, 0.05) is 16.3 Å². The standard InChI is InChI=1S/C11H14N4S2/c1-7-13-11(15-14-7)17-10-5-3-4-9(16-2)8(10)6-12/h3-5H,6,12H2,1-2H3,(H,13,14,15). The van der Waals surface area contributed by atoms with Gasteiger partial charge in [-0.15, -0.1) is 16.9 Å². The van der Waals surface area contributed by atoms with Crippen LogP contribution in [-0.4, -0.2) is 21.4 Å². The van der Waals surface area contributed by atoms with Crippen LogP contribution in [0, 0.1) is 6.92 Å². The Hall–Kier alpha value is -0.980. The summed E-state index contributed by atoms with van der Waals surface area (Å²) < 4.78 is 0. The van der Waals surface area contributed by atoms with Gasteiger partial charge in [-0.2, -0.15) is 0 Å². The SMILES string of the molecule is CSc1cccc(Sc2n[nH]c(C)n2)c1CN. The van der Waals surface area contributed by atoms with Crippen LogP contribution in [-0.2, 0) is 6.54 Å². The second kappa shape index (κ2) is 5.57. The number of aryl methyl sites for hydroxylation is 1. The number of nitrogens with one attached hydrogen (secondary N) is 1. The first-order valence-corrected chi connectivity index (χ1v) is 7.21. The van der Waals surface area contributed by atoms with Crippen LogP contribution in [0.25, 0.3) is 0 Å². The lowest BCUT2D eigenvalue weighted by Gasteiger charge is -2.09. The predicted molar refractivity (Wildman–Crippen MR) is 71.4 cm³/mol. The van der Waals surface area contributed by atoms with Crippen molar-refractivity contribution in [3.63, 3.8) is 0 Å². The fourth-order valence-corrected chi connectivity index (χ4v) is 3.15. The number of hydrogen-bond acceptors (Lipinski definition) is 5. The van der Waals surface area contributed by atoms with Crippen molar-refractivity contribution in [2.75, 3.05) is 6.26 Å². The number of aromatic amines is 1. The Morgan fingerprint density at radius 3 is 2.71 bits per heavy atom. The highest BCUT2D eigenvalue weighted by Crippen LogP contribution is 2.32. The van der Waals surface area contributed by atoms with Crippen LogP contribution in [0.15, 0.2) is 33.1 Å². The van der Waals surface area contributed by atoms with Crippen molar-refractivity contribution in [3.05, 3.63) is 29.6 Å². The van der Waals surface area contributed by atoms with Crippen LogP contribution in [0.4, 0.5) is 0 Å². The highest BCUT2D eigenvalue weighted by molar-refractivity contribution is 7.99. The molecule has 2 rings (SSSR count). The first-order valence-electron chi connectivity index (χ1n) is 5.17. The van der Waals surface area contributed by atoms with Crippen molar-refractivity contribution < 1.29 is 0 Å². The summed E-state index contributed by atoms with van der Waals surface area (Å²) in [4.78, 5) is 6.62. The third kappa shape index (κ3) is 2.83. The lowest BCUT2D eigenvalue weighted by atomic mass is 10.2. The van der Waals surface area contributed by atoms with E-state index in [9.17, 15) is 0 Å². The molecule has 2 aromatic rings. The maximum atomic E-state index is 5.81. The van der Waals surface area contributed by atoms with Gasteiger partial charge in [0.15, 0.2) is 0 Å². The van der Waals surface area contributed by atoms with E-state index >= 15 is 0 Å². The van der Waals surface area contributed by atoms with Crippen LogP contribution < -0.4 is 5.73 Å². The Morgan fingerprint density at radius 1 is 1.35 bits per heavy atom. The monoisotopic (exact) mass is 266 g/mol. The van der Waals surface area contributed by atoms with Crippen LogP contribution in [0.3, 0.4) is 0 Å². The molecule has 1 heterocycles. The van der Waals surface area contributed by atoms with Crippen molar-refractivity contribution >= 4 is 23.5 Å². The molecule has 90 valence electrons. The van der Waals surface area contributed by atoms with E-state index in [2.05, 4.69) is 33.6 Å². The molecule has 1 aromatic carbocycles. The third-order valence-corrected chi connectivity index (χ3v) is 4.08.